The van der Waals surface area contributed by atoms with Crippen molar-refractivity contribution in [2.75, 3.05) is 25.2 Å². The molecule has 0 radical (unpaired) electrons. The summed E-state index contributed by atoms with van der Waals surface area (Å²) in [5.41, 5.74) is 3.45. The number of piperidine rings is 1. The molecule has 5 nitrogen and oxygen atoms in total. The van der Waals surface area contributed by atoms with Crippen LogP contribution in [0.5, 0.6) is 5.75 Å². The van der Waals surface area contributed by atoms with Crippen molar-refractivity contribution in [1.29, 1.82) is 0 Å². The summed E-state index contributed by atoms with van der Waals surface area (Å²) in [6.07, 6.45) is 5.45. The van der Waals surface area contributed by atoms with E-state index in [0.29, 0.717) is 24.7 Å². The Labute approximate surface area is 210 Å². The van der Waals surface area contributed by atoms with Crippen LogP contribution in [0.3, 0.4) is 0 Å². The van der Waals surface area contributed by atoms with Crippen molar-refractivity contribution in [3.05, 3.63) is 59.7 Å². The highest BCUT2D eigenvalue weighted by Crippen LogP contribution is 2.47. The van der Waals surface area contributed by atoms with Crippen LogP contribution in [0.2, 0.25) is 0 Å². The van der Waals surface area contributed by atoms with Gasteiger partial charge in [-0.2, -0.15) is 0 Å². The molecule has 1 N–H and O–H groups in total. The topological polar surface area (TPSA) is 59.0 Å². The largest absolute Gasteiger partial charge is 0.497 e. The van der Waals surface area contributed by atoms with E-state index in [0.717, 1.165) is 43.7 Å². The molecule has 2 heterocycles. The van der Waals surface area contributed by atoms with E-state index in [-0.39, 0.29) is 30.1 Å². The molecule has 0 unspecified atom stereocenters. The Kier molecular flexibility index (Phi) is 8.18. The molecule has 0 bridgehead atoms. The van der Waals surface area contributed by atoms with Crippen LogP contribution < -0.4 is 9.64 Å². The van der Waals surface area contributed by atoms with E-state index in [1.807, 2.05) is 17.0 Å². The van der Waals surface area contributed by atoms with Crippen LogP contribution in [0.25, 0.3) is 0 Å². The van der Waals surface area contributed by atoms with Crippen molar-refractivity contribution >= 4 is 11.6 Å². The molecule has 2 saturated heterocycles. The molecular weight excluding hydrogens is 438 g/mol. The van der Waals surface area contributed by atoms with Crippen molar-refractivity contribution in [2.45, 2.75) is 76.9 Å². The molecule has 0 aromatic heterocycles. The normalized spacial score (nSPS) is 25.2. The Morgan fingerprint density at radius 1 is 1.03 bits per heavy atom. The summed E-state index contributed by atoms with van der Waals surface area (Å²) < 4.78 is 11.9. The molecular formula is C30H41NO4. The third-order valence-corrected chi connectivity index (χ3v) is 8.27. The van der Waals surface area contributed by atoms with Gasteiger partial charge in [-0.15, -0.1) is 0 Å². The Morgan fingerprint density at radius 3 is 2.37 bits per heavy atom. The van der Waals surface area contributed by atoms with Crippen molar-refractivity contribution in [3.63, 3.8) is 0 Å². The zero-order valence-electron chi connectivity index (χ0n) is 21.7. The number of ether oxygens (including phenoxy) is 2. The van der Waals surface area contributed by atoms with Crippen LogP contribution in [0.15, 0.2) is 48.5 Å². The van der Waals surface area contributed by atoms with Crippen molar-refractivity contribution in [2.24, 2.45) is 11.8 Å². The summed E-state index contributed by atoms with van der Waals surface area (Å²) in [5, 5.41) is 9.76. The summed E-state index contributed by atoms with van der Waals surface area (Å²) in [5.74, 6) is 1.77. The van der Waals surface area contributed by atoms with Crippen molar-refractivity contribution in [1.82, 2.24) is 0 Å². The number of aliphatic hydroxyl groups is 1. The summed E-state index contributed by atoms with van der Waals surface area (Å²) in [7, 11) is 1.69. The molecule has 0 saturated carbocycles. The SMILES string of the molecule is COc1ccc(C(C)(C)[C@@H]2[C@@H](C)[C@@H](CCc3ccc(N4CCCCC4=O)cc3)O[C@H]2CCO)cc1. The van der Waals surface area contributed by atoms with Gasteiger partial charge in [0.1, 0.15) is 5.75 Å². The van der Waals surface area contributed by atoms with Gasteiger partial charge in [0, 0.05) is 25.3 Å². The van der Waals surface area contributed by atoms with E-state index in [1.54, 1.807) is 7.11 Å². The average Bonchev–Trinajstić information content (AvgIpc) is 3.19. The van der Waals surface area contributed by atoms with Gasteiger partial charge in [0.15, 0.2) is 0 Å². The van der Waals surface area contributed by atoms with Gasteiger partial charge in [-0.1, -0.05) is 45.0 Å². The van der Waals surface area contributed by atoms with Gasteiger partial charge in [0.25, 0.3) is 0 Å². The van der Waals surface area contributed by atoms with E-state index in [1.165, 1.54) is 11.1 Å². The highest BCUT2D eigenvalue weighted by molar-refractivity contribution is 5.93. The number of aliphatic hydroxyl groups excluding tert-OH is 1. The molecule has 4 atom stereocenters. The first-order chi connectivity index (χ1) is 16.8. The lowest BCUT2D eigenvalue weighted by molar-refractivity contribution is -0.119. The Balaban J connectivity index is 1.43. The lowest BCUT2D eigenvalue weighted by Crippen LogP contribution is -2.38. The number of nitrogens with zero attached hydrogens (tertiary/aromatic N) is 1. The van der Waals surface area contributed by atoms with Crippen LogP contribution in [0.1, 0.15) is 64.0 Å². The highest BCUT2D eigenvalue weighted by Gasteiger charge is 2.49. The van der Waals surface area contributed by atoms with E-state index in [9.17, 15) is 9.90 Å². The monoisotopic (exact) mass is 479 g/mol. The second kappa shape index (κ2) is 11.1. The standard InChI is InChI=1S/C30H41NO4/c1-21-26(17-10-22-8-13-24(14-9-22)31-19-6-5-7-28(31)33)35-27(18-20-32)29(21)30(2,3)23-11-15-25(34-4)16-12-23/h8-9,11-16,21,26-27,29,32H,5-7,10,17-20H2,1-4H3/t21-,26+,27-,29+/m0/s1. The number of anilines is 1. The first-order valence-corrected chi connectivity index (χ1v) is 13.1. The van der Waals surface area contributed by atoms with Gasteiger partial charge >= 0.3 is 0 Å². The minimum Gasteiger partial charge on any atom is -0.497 e. The predicted octanol–water partition coefficient (Wildman–Crippen LogP) is 5.52. The molecule has 190 valence electrons. The maximum Gasteiger partial charge on any atom is 0.226 e. The number of methoxy groups -OCH3 is 1. The number of carbonyl (C=O) groups excluding carboxylic acids is 1. The first-order valence-electron chi connectivity index (χ1n) is 13.1. The smallest absolute Gasteiger partial charge is 0.226 e. The maximum absolute atomic E-state index is 12.2. The predicted molar refractivity (Wildman–Crippen MR) is 140 cm³/mol. The zero-order valence-corrected chi connectivity index (χ0v) is 21.7. The number of hydrogen-bond acceptors (Lipinski definition) is 4. The van der Waals surface area contributed by atoms with Crippen molar-refractivity contribution in [3.8, 4) is 5.75 Å². The fourth-order valence-corrected chi connectivity index (χ4v) is 6.27. The van der Waals surface area contributed by atoms with Gasteiger partial charge in [-0.3, -0.25) is 4.79 Å². The Morgan fingerprint density at radius 2 is 1.74 bits per heavy atom. The van der Waals surface area contributed by atoms with Crippen LogP contribution in [-0.2, 0) is 21.4 Å². The quantitative estimate of drug-likeness (QED) is 0.514. The fourth-order valence-electron chi connectivity index (χ4n) is 6.27. The maximum atomic E-state index is 12.2. The molecule has 4 rings (SSSR count). The van der Waals surface area contributed by atoms with Crippen molar-refractivity contribution < 1.29 is 19.4 Å². The molecule has 1 amide bonds. The minimum atomic E-state index is -0.0943. The lowest BCUT2D eigenvalue weighted by atomic mass is 9.65. The second-order valence-electron chi connectivity index (χ2n) is 10.8. The molecule has 0 aliphatic carbocycles. The number of hydrogen-bond donors (Lipinski definition) is 1. The molecule has 2 aliphatic heterocycles. The lowest BCUT2D eigenvalue weighted by Gasteiger charge is -2.38. The summed E-state index contributed by atoms with van der Waals surface area (Å²) in [6, 6.07) is 16.8. The number of rotatable bonds is 9. The third-order valence-electron chi connectivity index (χ3n) is 8.27. The molecule has 5 heteroatoms. The van der Waals surface area contributed by atoms with E-state index in [4.69, 9.17) is 9.47 Å². The number of aryl methyl sites for hydroxylation is 1. The van der Waals surface area contributed by atoms with Gasteiger partial charge in [0.05, 0.1) is 19.3 Å². The van der Waals surface area contributed by atoms with Gasteiger partial charge < -0.3 is 19.5 Å². The van der Waals surface area contributed by atoms with E-state index in [2.05, 4.69) is 57.2 Å². The van der Waals surface area contributed by atoms with Gasteiger partial charge in [-0.05, 0) is 84.7 Å². The Bertz CT molecular complexity index is 969. The van der Waals surface area contributed by atoms with E-state index >= 15 is 0 Å². The average molecular weight is 480 g/mol. The molecule has 0 spiro atoms. The first kappa shape index (κ1) is 25.7. The number of carbonyl (C=O) groups is 1. The van der Waals surface area contributed by atoms with Gasteiger partial charge in [0.2, 0.25) is 5.91 Å². The highest BCUT2D eigenvalue weighted by atomic mass is 16.5. The molecule has 2 aliphatic rings. The summed E-state index contributed by atoms with van der Waals surface area (Å²) >= 11 is 0. The zero-order chi connectivity index (χ0) is 25.0. The van der Waals surface area contributed by atoms with E-state index < -0.39 is 0 Å². The fraction of sp³-hybridized carbons (Fsp3) is 0.567. The van der Waals surface area contributed by atoms with Crippen LogP contribution >= 0.6 is 0 Å². The van der Waals surface area contributed by atoms with Crippen LogP contribution in [-0.4, -0.2) is 43.5 Å². The Hall–Kier alpha value is -2.37. The van der Waals surface area contributed by atoms with Crippen LogP contribution in [0.4, 0.5) is 5.69 Å². The minimum absolute atomic E-state index is 0.0320. The molecule has 2 fully saturated rings. The molecule has 2 aromatic carbocycles. The number of amides is 1. The summed E-state index contributed by atoms with van der Waals surface area (Å²) in [6.45, 7) is 7.86. The third kappa shape index (κ3) is 5.57. The summed E-state index contributed by atoms with van der Waals surface area (Å²) in [4.78, 5) is 14.1. The second-order valence-corrected chi connectivity index (χ2v) is 10.8. The van der Waals surface area contributed by atoms with Gasteiger partial charge in [-0.25, -0.2) is 0 Å². The number of benzene rings is 2. The van der Waals surface area contributed by atoms with Crippen LogP contribution in [0, 0.1) is 11.8 Å². The molecule has 35 heavy (non-hydrogen) atoms. The molecule has 2 aromatic rings.